The third kappa shape index (κ3) is 2.31. The lowest BCUT2D eigenvalue weighted by Gasteiger charge is -2.18. The fraction of sp³-hybridized carbons (Fsp3) is 0.471. The lowest BCUT2D eigenvalue weighted by Crippen LogP contribution is -2.20. The van der Waals surface area contributed by atoms with Crippen molar-refractivity contribution in [2.75, 3.05) is 18.5 Å². The van der Waals surface area contributed by atoms with Gasteiger partial charge in [-0.25, -0.2) is 4.68 Å². The fourth-order valence-electron chi connectivity index (χ4n) is 2.77. The maximum absolute atomic E-state index is 4.90. The molecular formula is C17H23N3S. The summed E-state index contributed by atoms with van der Waals surface area (Å²) in [4.78, 5) is 2.31. The summed E-state index contributed by atoms with van der Waals surface area (Å²) in [5, 5.41) is 6.20. The van der Waals surface area contributed by atoms with Crippen LogP contribution in [0.3, 0.4) is 0 Å². The number of aromatic nitrogens is 2. The van der Waals surface area contributed by atoms with Crippen molar-refractivity contribution in [3.05, 3.63) is 23.8 Å². The second-order valence-corrected chi connectivity index (χ2v) is 6.58. The highest BCUT2D eigenvalue weighted by Gasteiger charge is 2.18. The summed E-state index contributed by atoms with van der Waals surface area (Å²) < 4.78 is 4.87. The summed E-state index contributed by atoms with van der Waals surface area (Å²) in [7, 11) is 2.16. The third-order valence-corrected chi connectivity index (χ3v) is 5.21. The normalized spacial score (nSPS) is 11.6. The maximum atomic E-state index is 4.90. The van der Waals surface area contributed by atoms with Gasteiger partial charge in [0.25, 0.3) is 0 Å². The van der Waals surface area contributed by atoms with Gasteiger partial charge < -0.3 is 4.90 Å². The van der Waals surface area contributed by atoms with Gasteiger partial charge in [-0.3, -0.25) is 0 Å². The van der Waals surface area contributed by atoms with Gasteiger partial charge in [-0.15, -0.1) is 11.3 Å². The minimum atomic E-state index is 0.982. The zero-order valence-electron chi connectivity index (χ0n) is 13.3. The van der Waals surface area contributed by atoms with Crippen LogP contribution in [0.1, 0.15) is 32.8 Å². The SMILES string of the molecule is CCCn1nc2c(sc3cc(CC)ccc32)c1N(C)CC. The molecule has 0 amide bonds. The molecule has 0 radical (unpaired) electrons. The molecule has 0 aliphatic carbocycles. The largest absolute Gasteiger partial charge is 0.359 e. The molecule has 2 heterocycles. The first-order valence-corrected chi connectivity index (χ1v) is 8.64. The molecule has 4 heteroatoms. The molecule has 0 bridgehead atoms. The Hall–Kier alpha value is -1.55. The third-order valence-electron chi connectivity index (χ3n) is 4.08. The van der Waals surface area contributed by atoms with E-state index in [4.69, 9.17) is 5.10 Å². The zero-order valence-corrected chi connectivity index (χ0v) is 14.1. The molecule has 0 saturated heterocycles. The number of aryl methyl sites for hydroxylation is 2. The molecule has 112 valence electrons. The highest BCUT2D eigenvalue weighted by Crippen LogP contribution is 2.39. The summed E-state index contributed by atoms with van der Waals surface area (Å²) in [6.07, 6.45) is 2.19. The molecule has 3 rings (SSSR count). The van der Waals surface area contributed by atoms with Crippen LogP contribution in [0.15, 0.2) is 18.2 Å². The minimum absolute atomic E-state index is 0.982. The topological polar surface area (TPSA) is 21.1 Å². The number of fused-ring (bicyclic) bond motifs is 3. The molecule has 0 aliphatic rings. The molecule has 3 aromatic rings. The predicted molar refractivity (Wildman–Crippen MR) is 93.7 cm³/mol. The van der Waals surface area contributed by atoms with E-state index in [1.54, 1.807) is 0 Å². The lowest BCUT2D eigenvalue weighted by molar-refractivity contribution is 0.603. The van der Waals surface area contributed by atoms with Crippen LogP contribution in [0, 0.1) is 0 Å². The molecule has 0 spiro atoms. The number of nitrogens with zero attached hydrogens (tertiary/aromatic N) is 3. The van der Waals surface area contributed by atoms with Crippen LogP contribution in [-0.2, 0) is 13.0 Å². The average molecular weight is 301 g/mol. The number of benzene rings is 1. The summed E-state index contributed by atoms with van der Waals surface area (Å²) >= 11 is 1.88. The van der Waals surface area contributed by atoms with Crippen molar-refractivity contribution in [1.29, 1.82) is 0 Å². The Labute approximate surface area is 130 Å². The van der Waals surface area contributed by atoms with E-state index in [-0.39, 0.29) is 0 Å². The molecule has 21 heavy (non-hydrogen) atoms. The van der Waals surface area contributed by atoms with Crippen molar-refractivity contribution in [2.45, 2.75) is 40.2 Å². The van der Waals surface area contributed by atoms with E-state index in [9.17, 15) is 0 Å². The number of anilines is 1. The van der Waals surface area contributed by atoms with E-state index in [0.717, 1.165) is 25.9 Å². The quantitative estimate of drug-likeness (QED) is 0.682. The van der Waals surface area contributed by atoms with E-state index in [0.29, 0.717) is 0 Å². The van der Waals surface area contributed by atoms with Crippen LogP contribution < -0.4 is 4.90 Å². The predicted octanol–water partition coefficient (Wildman–Crippen LogP) is 4.68. The van der Waals surface area contributed by atoms with Crippen molar-refractivity contribution < 1.29 is 0 Å². The van der Waals surface area contributed by atoms with E-state index in [1.807, 2.05) is 11.3 Å². The number of hydrogen-bond acceptors (Lipinski definition) is 3. The van der Waals surface area contributed by atoms with Gasteiger partial charge in [-0.1, -0.05) is 26.0 Å². The van der Waals surface area contributed by atoms with Crippen molar-refractivity contribution in [3.8, 4) is 0 Å². The maximum Gasteiger partial charge on any atom is 0.144 e. The molecule has 0 N–H and O–H groups in total. The van der Waals surface area contributed by atoms with Crippen LogP contribution in [0.2, 0.25) is 0 Å². The standard InChI is InChI=1S/C17H23N3S/c1-5-10-20-17(19(4)7-3)16-15(18-20)13-9-8-12(6-2)11-14(13)21-16/h8-9,11H,5-7,10H2,1-4H3. The number of hydrogen-bond donors (Lipinski definition) is 0. The van der Waals surface area contributed by atoms with Gasteiger partial charge in [-0.05, 0) is 31.4 Å². The number of thiophene rings is 1. The van der Waals surface area contributed by atoms with Crippen LogP contribution in [-0.4, -0.2) is 23.4 Å². The van der Waals surface area contributed by atoms with Gasteiger partial charge in [0.05, 0.1) is 4.70 Å². The summed E-state index contributed by atoms with van der Waals surface area (Å²) in [6, 6.07) is 6.80. The highest BCUT2D eigenvalue weighted by molar-refractivity contribution is 7.26. The van der Waals surface area contributed by atoms with E-state index in [1.165, 1.54) is 31.7 Å². The van der Waals surface area contributed by atoms with Crippen LogP contribution in [0.5, 0.6) is 0 Å². The monoisotopic (exact) mass is 301 g/mol. The smallest absolute Gasteiger partial charge is 0.144 e. The Kier molecular flexibility index (Phi) is 3.89. The van der Waals surface area contributed by atoms with Gasteiger partial charge in [-0.2, -0.15) is 5.10 Å². The summed E-state index contributed by atoms with van der Waals surface area (Å²) in [5.41, 5.74) is 2.57. The summed E-state index contributed by atoms with van der Waals surface area (Å²) in [6.45, 7) is 8.58. The lowest BCUT2D eigenvalue weighted by atomic mass is 10.1. The minimum Gasteiger partial charge on any atom is -0.359 e. The van der Waals surface area contributed by atoms with Crippen molar-refractivity contribution in [3.63, 3.8) is 0 Å². The van der Waals surface area contributed by atoms with Gasteiger partial charge in [0.1, 0.15) is 11.3 Å². The Bertz CT molecular complexity index is 769. The van der Waals surface area contributed by atoms with Crippen molar-refractivity contribution in [2.24, 2.45) is 0 Å². The van der Waals surface area contributed by atoms with Crippen LogP contribution in [0.4, 0.5) is 5.82 Å². The second kappa shape index (κ2) is 5.68. The molecule has 0 fully saturated rings. The van der Waals surface area contributed by atoms with Crippen LogP contribution >= 0.6 is 11.3 Å². The zero-order chi connectivity index (χ0) is 15.0. The molecule has 3 nitrogen and oxygen atoms in total. The summed E-state index contributed by atoms with van der Waals surface area (Å²) in [5.74, 6) is 1.27. The van der Waals surface area contributed by atoms with Gasteiger partial charge in [0, 0.05) is 30.2 Å². The number of rotatable bonds is 5. The Morgan fingerprint density at radius 2 is 2.05 bits per heavy atom. The molecular weight excluding hydrogens is 278 g/mol. The van der Waals surface area contributed by atoms with E-state index < -0.39 is 0 Å². The van der Waals surface area contributed by atoms with Crippen molar-refractivity contribution in [1.82, 2.24) is 9.78 Å². The molecule has 0 atom stereocenters. The highest BCUT2D eigenvalue weighted by atomic mass is 32.1. The van der Waals surface area contributed by atoms with Gasteiger partial charge >= 0.3 is 0 Å². The van der Waals surface area contributed by atoms with E-state index in [2.05, 4.69) is 55.6 Å². The fourth-order valence-corrected chi connectivity index (χ4v) is 4.08. The molecule has 0 saturated carbocycles. The molecule has 0 unspecified atom stereocenters. The average Bonchev–Trinajstić information content (AvgIpc) is 3.01. The Morgan fingerprint density at radius 3 is 2.71 bits per heavy atom. The van der Waals surface area contributed by atoms with Crippen LogP contribution in [0.25, 0.3) is 20.3 Å². The van der Waals surface area contributed by atoms with Gasteiger partial charge in [0.2, 0.25) is 0 Å². The molecule has 0 aliphatic heterocycles. The van der Waals surface area contributed by atoms with E-state index >= 15 is 0 Å². The molecule has 1 aromatic carbocycles. The first-order chi connectivity index (χ1) is 10.2. The first-order valence-electron chi connectivity index (χ1n) is 7.82. The first kappa shape index (κ1) is 14.4. The Morgan fingerprint density at radius 1 is 1.24 bits per heavy atom. The van der Waals surface area contributed by atoms with Gasteiger partial charge in [0.15, 0.2) is 0 Å². The van der Waals surface area contributed by atoms with Crippen molar-refractivity contribution >= 4 is 37.5 Å². The second-order valence-electron chi connectivity index (χ2n) is 5.52. The molecule has 2 aromatic heterocycles. The Balaban J connectivity index is 2.27.